The summed E-state index contributed by atoms with van der Waals surface area (Å²) >= 11 is 0. The molecule has 0 aliphatic rings. The Labute approximate surface area is 158 Å². The first-order chi connectivity index (χ1) is 12.4. The Kier molecular flexibility index (Phi) is 7.72. The first-order valence-corrected chi connectivity index (χ1v) is 8.54. The lowest BCUT2D eigenvalue weighted by atomic mass is 9.97. The second kappa shape index (κ2) is 9.32. The van der Waals surface area contributed by atoms with Gasteiger partial charge in [-0.05, 0) is 51.0 Å². The topological polar surface area (TPSA) is 110 Å². The van der Waals surface area contributed by atoms with Gasteiger partial charge in [-0.3, -0.25) is 4.79 Å². The summed E-state index contributed by atoms with van der Waals surface area (Å²) < 4.78 is 10.9. The van der Waals surface area contributed by atoms with Gasteiger partial charge in [0.15, 0.2) is 5.78 Å². The molecule has 0 aromatic heterocycles. The van der Waals surface area contributed by atoms with Gasteiger partial charge in [-0.15, -0.1) is 0 Å². The van der Waals surface area contributed by atoms with Crippen LogP contribution in [-0.2, 0) is 14.3 Å². The molecule has 0 spiro atoms. The maximum Gasteiger partial charge on any atom is 0.334 e. The number of hydrogen-bond acceptors (Lipinski definition) is 6. The third kappa shape index (κ3) is 7.22. The molecule has 7 heteroatoms. The zero-order valence-electron chi connectivity index (χ0n) is 16.2. The minimum absolute atomic E-state index is 0.0132. The summed E-state index contributed by atoms with van der Waals surface area (Å²) in [5, 5.41) is 18.4. The van der Waals surface area contributed by atoms with Gasteiger partial charge in [-0.2, -0.15) is 0 Å². The van der Waals surface area contributed by atoms with Crippen LogP contribution in [0.3, 0.4) is 0 Å². The molecule has 1 rings (SSSR count). The summed E-state index contributed by atoms with van der Waals surface area (Å²) in [5.74, 6) is -1.85. The predicted molar refractivity (Wildman–Crippen MR) is 98.7 cm³/mol. The van der Waals surface area contributed by atoms with Gasteiger partial charge in [0.2, 0.25) is 0 Å². The highest BCUT2D eigenvalue weighted by molar-refractivity contribution is 6.01. The largest absolute Gasteiger partial charge is 0.487 e. The number of ether oxygens (including phenoxy) is 2. The van der Waals surface area contributed by atoms with Crippen molar-refractivity contribution in [2.45, 2.75) is 46.3 Å². The van der Waals surface area contributed by atoms with E-state index in [-0.39, 0.29) is 18.1 Å². The number of hydrogen-bond donors (Lipinski definition) is 2. The molecule has 0 saturated heterocycles. The van der Waals surface area contributed by atoms with Crippen molar-refractivity contribution in [1.82, 2.24) is 0 Å². The Hall–Kier alpha value is -2.67. The number of esters is 1. The van der Waals surface area contributed by atoms with Gasteiger partial charge in [0.25, 0.3) is 0 Å². The van der Waals surface area contributed by atoms with Gasteiger partial charge in [0.05, 0.1) is 0 Å². The Bertz CT molecular complexity index is 709. The van der Waals surface area contributed by atoms with Crippen molar-refractivity contribution in [3.63, 3.8) is 0 Å². The molecule has 0 aliphatic heterocycles. The van der Waals surface area contributed by atoms with Crippen molar-refractivity contribution in [3.05, 3.63) is 41.5 Å². The van der Waals surface area contributed by atoms with Crippen molar-refractivity contribution in [1.29, 1.82) is 0 Å². The minimum atomic E-state index is -1.46. The smallest absolute Gasteiger partial charge is 0.334 e. The van der Waals surface area contributed by atoms with Crippen LogP contribution < -0.4 is 4.74 Å². The van der Waals surface area contributed by atoms with Gasteiger partial charge in [-0.1, -0.05) is 13.8 Å². The monoisotopic (exact) mass is 378 g/mol. The van der Waals surface area contributed by atoms with Gasteiger partial charge in [-0.25, -0.2) is 9.59 Å². The van der Waals surface area contributed by atoms with E-state index >= 15 is 0 Å². The van der Waals surface area contributed by atoms with Gasteiger partial charge in [0.1, 0.15) is 24.1 Å². The van der Waals surface area contributed by atoms with Crippen LogP contribution >= 0.6 is 0 Å². The summed E-state index contributed by atoms with van der Waals surface area (Å²) in [5.41, 5.74) is -1.12. The summed E-state index contributed by atoms with van der Waals surface area (Å²) in [6.07, 6.45) is 0.328. The lowest BCUT2D eigenvalue weighted by Gasteiger charge is -2.23. The highest BCUT2D eigenvalue weighted by Gasteiger charge is 2.25. The molecular weight excluding hydrogens is 352 g/mol. The zero-order chi connectivity index (χ0) is 20.8. The average Bonchev–Trinajstić information content (AvgIpc) is 2.56. The predicted octanol–water partition coefficient (Wildman–Crippen LogP) is 2.62. The summed E-state index contributed by atoms with van der Waals surface area (Å²) in [7, 11) is 0. The molecule has 0 bridgehead atoms. The Morgan fingerprint density at radius 1 is 1.15 bits per heavy atom. The number of carboxylic acid groups (broad SMARTS) is 1. The number of Topliss-reactive ketones (excluding diaryl/α,β-unsaturated/α-hetero) is 1. The quantitative estimate of drug-likeness (QED) is 0.386. The van der Waals surface area contributed by atoms with E-state index in [4.69, 9.17) is 14.6 Å². The first kappa shape index (κ1) is 22.4. The van der Waals surface area contributed by atoms with E-state index in [2.05, 4.69) is 0 Å². The molecule has 1 aromatic rings. The Balaban J connectivity index is 2.76. The van der Waals surface area contributed by atoms with E-state index in [1.807, 2.05) is 13.8 Å². The fourth-order valence-electron chi connectivity index (χ4n) is 2.09. The standard InChI is InChI=1S/C20H26O7/c1-12(2)16(11-26-19(24)13(3)10-17(21)22)27-15-8-6-14(7-9-15)18(23)20(4,5)25/h6-10,12,16,25H,11H2,1-5H3,(H,21,22)/b13-10-. The fraction of sp³-hybridized carbons (Fsp3) is 0.450. The maximum atomic E-state index is 12.0. The molecule has 7 nitrogen and oxygen atoms in total. The van der Waals surface area contributed by atoms with Crippen LogP contribution in [0.15, 0.2) is 35.9 Å². The van der Waals surface area contributed by atoms with Crippen molar-refractivity contribution in [2.24, 2.45) is 5.92 Å². The van der Waals surface area contributed by atoms with Crippen LogP contribution in [0.1, 0.15) is 45.0 Å². The molecule has 0 fully saturated rings. The molecule has 0 amide bonds. The fourth-order valence-corrected chi connectivity index (χ4v) is 2.09. The third-order valence-electron chi connectivity index (χ3n) is 3.74. The number of carbonyl (C=O) groups is 3. The molecule has 0 heterocycles. The molecule has 27 heavy (non-hydrogen) atoms. The third-order valence-corrected chi connectivity index (χ3v) is 3.74. The number of benzene rings is 1. The number of ketones is 1. The minimum Gasteiger partial charge on any atom is -0.487 e. The number of rotatable bonds is 9. The van der Waals surface area contributed by atoms with Gasteiger partial charge in [0, 0.05) is 17.2 Å². The molecule has 0 saturated carbocycles. The Morgan fingerprint density at radius 3 is 2.15 bits per heavy atom. The van der Waals surface area contributed by atoms with Gasteiger partial charge < -0.3 is 19.7 Å². The summed E-state index contributed by atoms with van der Waals surface area (Å²) in [4.78, 5) is 34.4. The second-order valence-electron chi connectivity index (χ2n) is 7.08. The Morgan fingerprint density at radius 2 is 1.70 bits per heavy atom. The lowest BCUT2D eigenvalue weighted by Crippen LogP contribution is -2.31. The normalized spacial score (nSPS) is 13.2. The van der Waals surface area contributed by atoms with Crippen LogP contribution in [0.5, 0.6) is 5.75 Å². The molecule has 1 atom stereocenters. The molecule has 0 aliphatic carbocycles. The van der Waals surface area contributed by atoms with Crippen molar-refractivity contribution < 1.29 is 34.1 Å². The SMILES string of the molecule is C/C(=C/C(=O)O)C(=O)OCC(Oc1ccc(C(=O)C(C)(C)O)cc1)C(C)C. The molecule has 2 N–H and O–H groups in total. The van der Waals surface area contributed by atoms with Crippen molar-refractivity contribution in [3.8, 4) is 5.75 Å². The second-order valence-corrected chi connectivity index (χ2v) is 7.08. The summed E-state index contributed by atoms with van der Waals surface area (Å²) in [6, 6.07) is 6.31. The van der Waals surface area contributed by atoms with Crippen LogP contribution in [0.4, 0.5) is 0 Å². The number of aliphatic hydroxyl groups is 1. The van der Waals surface area contributed by atoms with Crippen LogP contribution in [0, 0.1) is 5.92 Å². The lowest BCUT2D eigenvalue weighted by molar-refractivity contribution is -0.142. The zero-order valence-corrected chi connectivity index (χ0v) is 16.2. The number of carbonyl (C=O) groups excluding carboxylic acids is 2. The number of aliphatic carboxylic acids is 1. The van der Waals surface area contributed by atoms with Crippen LogP contribution in [0.2, 0.25) is 0 Å². The van der Waals surface area contributed by atoms with E-state index in [9.17, 15) is 19.5 Å². The highest BCUT2D eigenvalue weighted by Crippen LogP contribution is 2.20. The van der Waals surface area contributed by atoms with E-state index in [0.717, 1.165) is 6.08 Å². The van der Waals surface area contributed by atoms with Crippen molar-refractivity contribution in [2.75, 3.05) is 6.61 Å². The molecule has 1 unspecified atom stereocenters. The van der Waals surface area contributed by atoms with E-state index < -0.39 is 29.4 Å². The molecule has 0 radical (unpaired) electrons. The van der Waals surface area contributed by atoms with Gasteiger partial charge >= 0.3 is 11.9 Å². The van der Waals surface area contributed by atoms with E-state index in [1.54, 1.807) is 24.3 Å². The highest BCUT2D eigenvalue weighted by atomic mass is 16.6. The molecular formula is C20H26O7. The van der Waals surface area contributed by atoms with Crippen LogP contribution in [-0.4, -0.2) is 46.2 Å². The van der Waals surface area contributed by atoms with E-state index in [1.165, 1.54) is 20.8 Å². The van der Waals surface area contributed by atoms with Crippen LogP contribution in [0.25, 0.3) is 0 Å². The van der Waals surface area contributed by atoms with E-state index in [0.29, 0.717) is 11.3 Å². The van der Waals surface area contributed by atoms with Crippen molar-refractivity contribution >= 4 is 17.7 Å². The average molecular weight is 378 g/mol. The molecule has 1 aromatic carbocycles. The maximum absolute atomic E-state index is 12.0. The molecule has 148 valence electrons. The number of carboxylic acids is 1. The summed E-state index contributed by atoms with van der Waals surface area (Å²) in [6.45, 7) is 7.94. The first-order valence-electron chi connectivity index (χ1n) is 8.54.